The lowest BCUT2D eigenvalue weighted by atomic mass is 10.3. The summed E-state index contributed by atoms with van der Waals surface area (Å²) in [7, 11) is -1.08. The zero-order chi connectivity index (χ0) is 8.15. The van der Waals surface area contributed by atoms with E-state index in [1.807, 2.05) is 0 Å². The van der Waals surface area contributed by atoms with Crippen molar-refractivity contribution in [3.05, 3.63) is 0 Å². The van der Waals surface area contributed by atoms with Crippen molar-refractivity contribution in [2.24, 2.45) is 0 Å². The molecule has 0 aromatic carbocycles. The highest BCUT2D eigenvalue weighted by atomic mass is 31.1. The standard InChI is InChI=1S/C5H11O4P/c1-10(9)3-2-4(6)5(7)8/h4,6,9H,2-3H2,1H3,(H,7,8). The number of hydrogen-bond acceptors (Lipinski definition) is 3. The lowest BCUT2D eigenvalue weighted by Crippen LogP contribution is -2.20. The Bertz CT molecular complexity index is 114. The van der Waals surface area contributed by atoms with Gasteiger partial charge in [0.15, 0.2) is 6.10 Å². The summed E-state index contributed by atoms with van der Waals surface area (Å²) in [4.78, 5) is 18.7. The normalized spacial score (nSPS) is 16.3. The Morgan fingerprint density at radius 2 is 2.20 bits per heavy atom. The van der Waals surface area contributed by atoms with Crippen molar-refractivity contribution in [1.29, 1.82) is 0 Å². The average molecular weight is 166 g/mol. The quantitative estimate of drug-likeness (QED) is 0.507. The van der Waals surface area contributed by atoms with Crippen LogP contribution in [-0.2, 0) is 4.79 Å². The molecule has 0 bridgehead atoms. The first kappa shape index (κ1) is 9.82. The monoisotopic (exact) mass is 166 g/mol. The van der Waals surface area contributed by atoms with E-state index in [9.17, 15) is 4.79 Å². The van der Waals surface area contributed by atoms with E-state index in [4.69, 9.17) is 15.1 Å². The van der Waals surface area contributed by atoms with Gasteiger partial charge in [0.1, 0.15) is 0 Å². The molecule has 5 heteroatoms. The number of aliphatic carboxylic acids is 1. The second-order valence-electron chi connectivity index (χ2n) is 2.02. The molecule has 10 heavy (non-hydrogen) atoms. The van der Waals surface area contributed by atoms with E-state index in [0.29, 0.717) is 6.16 Å². The maximum atomic E-state index is 9.99. The highest BCUT2D eigenvalue weighted by molar-refractivity contribution is 7.50. The molecule has 0 saturated heterocycles. The van der Waals surface area contributed by atoms with Crippen LogP contribution < -0.4 is 0 Å². The van der Waals surface area contributed by atoms with E-state index in [1.54, 1.807) is 6.66 Å². The lowest BCUT2D eigenvalue weighted by Gasteiger charge is -2.05. The molecular formula is C5H11O4P. The number of aliphatic hydroxyl groups excluding tert-OH is 1. The molecule has 2 unspecified atom stereocenters. The Kier molecular flexibility index (Phi) is 4.52. The number of carboxylic acid groups (broad SMARTS) is 1. The van der Waals surface area contributed by atoms with E-state index >= 15 is 0 Å². The van der Waals surface area contributed by atoms with E-state index in [0.717, 1.165) is 0 Å². The first-order chi connectivity index (χ1) is 4.54. The number of aliphatic hydroxyl groups is 1. The van der Waals surface area contributed by atoms with Crippen LogP contribution in [0.15, 0.2) is 0 Å². The van der Waals surface area contributed by atoms with Crippen LogP contribution >= 0.6 is 8.15 Å². The van der Waals surface area contributed by atoms with Gasteiger partial charge in [-0.15, -0.1) is 0 Å². The maximum absolute atomic E-state index is 9.99. The van der Waals surface area contributed by atoms with Crippen molar-refractivity contribution < 1.29 is 19.9 Å². The third-order valence-corrected chi connectivity index (χ3v) is 1.92. The van der Waals surface area contributed by atoms with Gasteiger partial charge < -0.3 is 15.1 Å². The van der Waals surface area contributed by atoms with Gasteiger partial charge in [0.25, 0.3) is 0 Å². The molecule has 0 aliphatic heterocycles. The van der Waals surface area contributed by atoms with E-state index in [1.165, 1.54) is 0 Å². The molecule has 3 N–H and O–H groups in total. The van der Waals surface area contributed by atoms with Gasteiger partial charge in [0, 0.05) is 8.15 Å². The van der Waals surface area contributed by atoms with Gasteiger partial charge in [0.05, 0.1) is 0 Å². The number of carboxylic acids is 1. The third-order valence-electron chi connectivity index (χ3n) is 1.01. The molecule has 0 fully saturated rings. The Labute approximate surface area is 60.3 Å². The molecule has 0 amide bonds. The fourth-order valence-electron chi connectivity index (χ4n) is 0.433. The minimum absolute atomic E-state index is 0.133. The van der Waals surface area contributed by atoms with Gasteiger partial charge >= 0.3 is 5.97 Å². The summed E-state index contributed by atoms with van der Waals surface area (Å²) in [6.07, 6.45) is -0.811. The van der Waals surface area contributed by atoms with E-state index in [2.05, 4.69) is 0 Å². The van der Waals surface area contributed by atoms with Gasteiger partial charge in [-0.3, -0.25) is 0 Å². The molecule has 0 aliphatic rings. The second-order valence-corrected chi connectivity index (χ2v) is 3.79. The molecule has 0 spiro atoms. The molecule has 0 rings (SSSR count). The van der Waals surface area contributed by atoms with Gasteiger partial charge in [-0.25, -0.2) is 4.79 Å². The largest absolute Gasteiger partial charge is 0.479 e. The number of hydrogen-bond donors (Lipinski definition) is 3. The van der Waals surface area contributed by atoms with Crippen LogP contribution in [0.1, 0.15) is 6.42 Å². The van der Waals surface area contributed by atoms with Crippen molar-refractivity contribution in [2.75, 3.05) is 12.8 Å². The smallest absolute Gasteiger partial charge is 0.332 e. The molecule has 0 heterocycles. The van der Waals surface area contributed by atoms with E-state index in [-0.39, 0.29) is 6.42 Å². The van der Waals surface area contributed by atoms with Crippen molar-refractivity contribution >= 4 is 14.1 Å². The van der Waals surface area contributed by atoms with Crippen LogP contribution in [0.5, 0.6) is 0 Å². The van der Waals surface area contributed by atoms with E-state index < -0.39 is 20.2 Å². The SMILES string of the molecule is CP(O)CCC(O)C(=O)O. The maximum Gasteiger partial charge on any atom is 0.332 e. The van der Waals surface area contributed by atoms with Crippen molar-refractivity contribution in [3.63, 3.8) is 0 Å². The molecule has 0 aromatic heterocycles. The summed E-state index contributed by atoms with van der Waals surface area (Å²) in [6, 6.07) is 0. The highest BCUT2D eigenvalue weighted by Crippen LogP contribution is 2.24. The third kappa shape index (κ3) is 4.68. The molecule has 0 aliphatic carbocycles. The topological polar surface area (TPSA) is 77.8 Å². The Morgan fingerprint density at radius 1 is 1.70 bits per heavy atom. The first-order valence-electron chi connectivity index (χ1n) is 2.85. The van der Waals surface area contributed by atoms with Gasteiger partial charge in [-0.05, 0) is 19.2 Å². The Hall–Kier alpha value is -0.180. The number of carbonyl (C=O) groups is 1. The van der Waals surface area contributed by atoms with Crippen molar-refractivity contribution in [2.45, 2.75) is 12.5 Å². The summed E-state index contributed by atoms with van der Waals surface area (Å²) in [6.45, 7) is 1.61. The van der Waals surface area contributed by atoms with Crippen LogP contribution in [0.25, 0.3) is 0 Å². The fourth-order valence-corrected chi connectivity index (χ4v) is 1.05. The zero-order valence-electron chi connectivity index (χ0n) is 5.69. The molecule has 60 valence electrons. The van der Waals surface area contributed by atoms with Crippen LogP contribution in [0, 0.1) is 0 Å². The second kappa shape index (κ2) is 4.61. The van der Waals surface area contributed by atoms with Gasteiger partial charge in [-0.1, -0.05) is 0 Å². The highest BCUT2D eigenvalue weighted by Gasteiger charge is 2.12. The van der Waals surface area contributed by atoms with Crippen LogP contribution in [-0.4, -0.2) is 40.0 Å². The minimum atomic E-state index is -1.32. The summed E-state index contributed by atoms with van der Waals surface area (Å²) in [5, 5.41) is 16.8. The Morgan fingerprint density at radius 3 is 2.50 bits per heavy atom. The molecule has 0 aromatic rings. The summed E-state index contributed by atoms with van der Waals surface area (Å²) in [5.41, 5.74) is 0. The molecular weight excluding hydrogens is 155 g/mol. The van der Waals surface area contributed by atoms with Crippen molar-refractivity contribution in [1.82, 2.24) is 0 Å². The zero-order valence-corrected chi connectivity index (χ0v) is 6.58. The number of rotatable bonds is 4. The first-order valence-corrected chi connectivity index (χ1v) is 4.77. The van der Waals surface area contributed by atoms with Gasteiger partial charge in [-0.2, -0.15) is 0 Å². The summed E-state index contributed by atoms with van der Waals surface area (Å²) in [5.74, 6) is -1.23. The predicted octanol–water partition coefficient (Wildman–Crippen LogP) is -0.159. The minimum Gasteiger partial charge on any atom is -0.479 e. The predicted molar refractivity (Wildman–Crippen MR) is 38.2 cm³/mol. The van der Waals surface area contributed by atoms with Gasteiger partial charge in [0.2, 0.25) is 0 Å². The molecule has 0 saturated carbocycles. The average Bonchev–Trinajstić information content (AvgIpc) is 1.82. The van der Waals surface area contributed by atoms with Crippen LogP contribution in [0.2, 0.25) is 0 Å². The van der Waals surface area contributed by atoms with Crippen molar-refractivity contribution in [3.8, 4) is 0 Å². The fraction of sp³-hybridized carbons (Fsp3) is 0.800. The molecule has 2 atom stereocenters. The Balaban J connectivity index is 3.40. The molecule has 0 radical (unpaired) electrons. The summed E-state index contributed by atoms with van der Waals surface area (Å²) < 4.78 is 0. The lowest BCUT2D eigenvalue weighted by molar-refractivity contribution is -0.146. The van der Waals surface area contributed by atoms with Crippen LogP contribution in [0.3, 0.4) is 0 Å². The molecule has 4 nitrogen and oxygen atoms in total. The summed E-state index contributed by atoms with van der Waals surface area (Å²) >= 11 is 0. The van der Waals surface area contributed by atoms with Crippen LogP contribution in [0.4, 0.5) is 0 Å².